The second-order valence-corrected chi connectivity index (χ2v) is 31.8. The van der Waals surface area contributed by atoms with Crippen LogP contribution in [0.1, 0.15) is 206 Å². The monoisotopic (exact) mass is 1440 g/mol. The van der Waals surface area contributed by atoms with Gasteiger partial charge < -0.3 is 60.0 Å². The molecular weight excluding hydrogens is 1330 g/mol. The first-order valence-electron chi connectivity index (χ1n) is 37.9. The maximum atomic E-state index is 15.9. The van der Waals surface area contributed by atoms with Crippen molar-refractivity contribution in [2.24, 2.45) is 35.5 Å². The molecule has 24 nitrogen and oxygen atoms in total. The quantitative estimate of drug-likeness (QED) is 0.205. The number of nitrogens with one attached hydrogen (secondary N) is 3. The lowest BCUT2D eigenvalue weighted by molar-refractivity contribution is -0.182. The molecule has 5 aliphatic carbocycles. The smallest absolute Gasteiger partial charge is 0.343 e. The number of fused-ring (bicyclic) bond motifs is 1. The first kappa shape index (κ1) is 80.4. The second-order valence-electron chi connectivity index (χ2n) is 31.2. The molecule has 101 heavy (non-hydrogen) atoms. The fraction of sp³-hybridized carbons (Fsp3) is 0.836. The Bertz CT molecular complexity index is 2950. The summed E-state index contributed by atoms with van der Waals surface area (Å²) in [6.45, 7) is 2.90. The molecule has 3 unspecified atom stereocenters. The van der Waals surface area contributed by atoms with Crippen molar-refractivity contribution in [1.29, 1.82) is 0 Å². The van der Waals surface area contributed by atoms with Crippen LogP contribution in [0.25, 0.3) is 0 Å². The first-order valence-corrected chi connectivity index (χ1v) is 38.3. The fourth-order valence-electron chi connectivity index (χ4n) is 17.4. The summed E-state index contributed by atoms with van der Waals surface area (Å²) in [5.41, 5.74) is -1.54. The Morgan fingerprint density at radius 1 is 0.554 bits per heavy atom. The molecule has 0 aromatic rings. The van der Waals surface area contributed by atoms with Crippen molar-refractivity contribution >= 4 is 82.5 Å². The number of rotatable bonds is 10. The molecule has 5 saturated carbocycles. The zero-order valence-electron chi connectivity index (χ0n) is 61.5. The summed E-state index contributed by atoms with van der Waals surface area (Å²) in [6, 6.07) is -8.38. The van der Waals surface area contributed by atoms with Gasteiger partial charge in [0.1, 0.15) is 47.8 Å². The van der Waals surface area contributed by atoms with Gasteiger partial charge in [-0.2, -0.15) is 13.2 Å². The Morgan fingerprint density at radius 3 is 1.75 bits per heavy atom. The van der Waals surface area contributed by atoms with Crippen molar-refractivity contribution in [2.75, 3.05) is 88.6 Å². The minimum atomic E-state index is -4.50. The van der Waals surface area contributed by atoms with Crippen LogP contribution in [0.3, 0.4) is 0 Å². The van der Waals surface area contributed by atoms with Gasteiger partial charge in [-0.25, -0.2) is 0 Å². The Kier molecular flexibility index (Phi) is 28.6. The SMILES string of the molecule is CC[C@H](C)[C@@H]1NC(=O)[C@H](C2CCC2)N(C)C(=O)C[C@@H](C(=O)N2CCCCC2)N(C)C(=O)[C@H](C2CCCCC2)N(C)C(=O)C2(CCCC2)NC(=O)[C@@H]2CCCN2C(=O)[C@H](CCC2CCC(C(F)(F)F)C(Cl)C2)NC(=O)CN(C)C(=O)[C@H](CC2CCCCC2)N(C)C(=O)CN(C)C(=O)CN(C)C1=O. The van der Waals surface area contributed by atoms with E-state index < -0.39 is 168 Å². The third-order valence-electron chi connectivity index (χ3n) is 24.3. The highest BCUT2D eigenvalue weighted by atomic mass is 35.5. The summed E-state index contributed by atoms with van der Waals surface area (Å²) < 4.78 is 42.1. The highest BCUT2D eigenvalue weighted by Crippen LogP contribution is 2.44. The Balaban J connectivity index is 1.16. The van der Waals surface area contributed by atoms with Gasteiger partial charge >= 0.3 is 6.18 Å². The van der Waals surface area contributed by atoms with Gasteiger partial charge in [0.15, 0.2) is 0 Å². The third-order valence-corrected chi connectivity index (χ3v) is 24.8. The van der Waals surface area contributed by atoms with Gasteiger partial charge in [-0.05, 0) is 139 Å². The number of hydrogen-bond donors (Lipinski definition) is 3. The van der Waals surface area contributed by atoms with E-state index in [2.05, 4.69) is 16.0 Å². The molecule has 1 spiro atoms. The van der Waals surface area contributed by atoms with E-state index in [4.69, 9.17) is 11.6 Å². The molecule has 0 radical (unpaired) electrons. The van der Waals surface area contributed by atoms with Crippen molar-refractivity contribution < 1.29 is 70.7 Å². The van der Waals surface area contributed by atoms with Crippen LogP contribution in [0.4, 0.5) is 13.2 Å². The number of hydrogen-bond acceptors (Lipinski definition) is 12. The van der Waals surface area contributed by atoms with Crippen LogP contribution in [-0.4, -0.2) is 263 Å². The number of likely N-dealkylation sites (N-methyl/N-ethyl adjacent to an activating group) is 7. The van der Waals surface area contributed by atoms with Gasteiger partial charge in [0.2, 0.25) is 70.9 Å². The molecule has 568 valence electrons. The van der Waals surface area contributed by atoms with Gasteiger partial charge in [0.05, 0.1) is 32.0 Å². The third kappa shape index (κ3) is 19.8. The minimum absolute atomic E-state index is 0.00488. The molecule has 0 aromatic carbocycles. The lowest BCUT2D eigenvalue weighted by Crippen LogP contribution is -2.65. The molecular formula is C73H116ClF3N12O12. The Hall–Kier alpha value is -6.28. The lowest BCUT2D eigenvalue weighted by Gasteiger charge is -2.44. The molecule has 8 aliphatic rings. The number of amides is 12. The number of alkyl halides is 4. The maximum absolute atomic E-state index is 15.9. The van der Waals surface area contributed by atoms with Crippen molar-refractivity contribution in [3.05, 3.63) is 0 Å². The second kappa shape index (κ2) is 35.9. The largest absolute Gasteiger partial charge is 0.393 e. The highest BCUT2D eigenvalue weighted by Gasteiger charge is 2.53. The number of likely N-dealkylation sites (tertiary alicyclic amines) is 1. The molecule has 8 fully saturated rings. The number of piperidine rings is 1. The van der Waals surface area contributed by atoms with E-state index in [1.54, 1.807) is 18.9 Å². The maximum Gasteiger partial charge on any atom is 0.393 e. The average molecular weight is 1450 g/mol. The van der Waals surface area contributed by atoms with Crippen LogP contribution in [0.5, 0.6) is 0 Å². The van der Waals surface area contributed by atoms with Gasteiger partial charge in [-0.1, -0.05) is 90.9 Å². The van der Waals surface area contributed by atoms with E-state index in [0.29, 0.717) is 77.3 Å². The first-order chi connectivity index (χ1) is 47.9. The van der Waals surface area contributed by atoms with Crippen LogP contribution >= 0.6 is 11.6 Å². The topological polar surface area (TPSA) is 270 Å². The fourth-order valence-corrected chi connectivity index (χ4v) is 17.9. The van der Waals surface area contributed by atoms with E-state index in [1.807, 2.05) is 6.92 Å². The Labute approximate surface area is 600 Å². The molecule has 8 rings (SSSR count). The predicted octanol–water partition coefficient (Wildman–Crippen LogP) is 6.24. The van der Waals surface area contributed by atoms with Crippen LogP contribution in [0.15, 0.2) is 0 Å². The number of carbonyl (C=O) groups is 12. The van der Waals surface area contributed by atoms with E-state index in [0.717, 1.165) is 69.1 Å². The molecule has 3 N–H and O–H groups in total. The molecule has 3 saturated heterocycles. The van der Waals surface area contributed by atoms with E-state index in [1.165, 1.54) is 76.6 Å². The molecule has 3 aliphatic heterocycles. The summed E-state index contributed by atoms with van der Waals surface area (Å²) in [5.74, 6) is -10.4. The van der Waals surface area contributed by atoms with Crippen molar-refractivity contribution in [2.45, 2.75) is 266 Å². The minimum Gasteiger partial charge on any atom is -0.343 e. The van der Waals surface area contributed by atoms with E-state index in [-0.39, 0.29) is 88.0 Å². The van der Waals surface area contributed by atoms with E-state index >= 15 is 28.8 Å². The molecule has 0 aromatic heterocycles. The predicted molar refractivity (Wildman–Crippen MR) is 372 cm³/mol. The van der Waals surface area contributed by atoms with Crippen molar-refractivity contribution in [1.82, 2.24) is 60.0 Å². The molecule has 28 heteroatoms. The van der Waals surface area contributed by atoms with Crippen LogP contribution in [0, 0.1) is 35.5 Å². The summed E-state index contributed by atoms with van der Waals surface area (Å²) in [4.78, 5) is 192. The van der Waals surface area contributed by atoms with Gasteiger partial charge in [-0.3, -0.25) is 57.5 Å². The highest BCUT2D eigenvalue weighted by molar-refractivity contribution is 6.21. The van der Waals surface area contributed by atoms with Gasteiger partial charge in [-0.15, -0.1) is 11.6 Å². The van der Waals surface area contributed by atoms with Crippen LogP contribution < -0.4 is 16.0 Å². The molecule has 12 amide bonds. The average Bonchev–Trinajstić information content (AvgIpc) is 1.76. The zero-order valence-corrected chi connectivity index (χ0v) is 62.2. The number of halogens is 4. The van der Waals surface area contributed by atoms with Crippen molar-refractivity contribution in [3.8, 4) is 0 Å². The molecule has 0 bridgehead atoms. The Morgan fingerprint density at radius 2 is 1.15 bits per heavy atom. The molecule has 11 atom stereocenters. The molecule has 3 heterocycles. The summed E-state index contributed by atoms with van der Waals surface area (Å²) in [6.07, 6.45) is 9.94. The number of carbonyl (C=O) groups excluding carboxylic acids is 12. The lowest BCUT2D eigenvalue weighted by atomic mass is 9.78. The summed E-state index contributed by atoms with van der Waals surface area (Å²) in [7, 11) is 10.2. The summed E-state index contributed by atoms with van der Waals surface area (Å²) >= 11 is 6.41. The van der Waals surface area contributed by atoms with Crippen LogP contribution in [0.2, 0.25) is 0 Å². The standard InChI is InChI=1S/C73H116ClF3N12O12/c1-10-46(2)61-69(99)83(5)44-59(92)81(3)45-60(93)84(6)55(41-47-24-14-11-15-25-47)67(97)82(4)43-57(90)78-53(34-32-48-31-33-51(52(74)40-48)73(75,76)77)66(96)89-39-23-30-54(89)64(94)80-72(35-18-19-36-72)71(101)87(9)63(50-26-16-12-17-27-50)70(100)85(7)56(68(98)88-37-20-13-21-38-88)42-58(91)86(8)62(65(95)79-61)49-28-22-29-49/h46-56,61-63H,10-45H2,1-9H3,(H,78,90)(H,79,95)(H,80,94)/t46-,48?,51?,52?,53-,54-,55-,56-,61-,62-,63-/m0/s1. The van der Waals surface area contributed by atoms with E-state index in [9.17, 15) is 41.9 Å². The van der Waals surface area contributed by atoms with Gasteiger partial charge in [0, 0.05) is 74.3 Å². The summed E-state index contributed by atoms with van der Waals surface area (Å²) in [5, 5.41) is 7.71. The van der Waals surface area contributed by atoms with Crippen LogP contribution in [-0.2, 0) is 57.5 Å². The normalized spacial score (nSPS) is 30.7. The zero-order chi connectivity index (χ0) is 73.8. The number of nitrogens with zero attached hydrogens (tertiary/aromatic N) is 9. The van der Waals surface area contributed by atoms with Gasteiger partial charge in [0.25, 0.3) is 0 Å². The van der Waals surface area contributed by atoms with Crippen molar-refractivity contribution in [3.63, 3.8) is 0 Å².